The predicted octanol–water partition coefficient (Wildman–Crippen LogP) is 9.22. The molecule has 2 unspecified atom stereocenters. The zero-order chi connectivity index (χ0) is 31.6. The maximum absolute atomic E-state index is 12.1. The number of amides is 2. The Morgan fingerprint density at radius 1 is 0.927 bits per heavy atom. The number of rotatable bonds is 15. The molecule has 2 N–H and O–H groups in total. The fraction of sp³-hybridized carbons (Fsp3) is 0.629. The lowest BCUT2D eigenvalue weighted by atomic mass is 9.83. The van der Waals surface area contributed by atoms with Gasteiger partial charge >= 0.3 is 0 Å². The van der Waals surface area contributed by atoms with Crippen LogP contribution in [0.3, 0.4) is 0 Å². The molecule has 0 aliphatic carbocycles. The zero-order valence-corrected chi connectivity index (χ0v) is 28.6. The number of nitrogens with one attached hydrogen (secondary N) is 2. The monoisotopic (exact) mass is 586 g/mol. The minimum absolute atomic E-state index is 0.0561. The minimum Gasteiger partial charge on any atom is -0.352 e. The summed E-state index contributed by atoms with van der Waals surface area (Å²) < 4.78 is 0. The van der Waals surface area contributed by atoms with Gasteiger partial charge < -0.3 is 10.6 Å². The van der Waals surface area contributed by atoms with E-state index in [1.165, 1.54) is 21.6 Å². The van der Waals surface area contributed by atoms with Gasteiger partial charge in [0.25, 0.3) is 0 Å². The van der Waals surface area contributed by atoms with E-state index in [1.54, 1.807) is 18.7 Å². The molecule has 232 valence electrons. The van der Waals surface area contributed by atoms with Crippen molar-refractivity contribution in [3.8, 4) is 0 Å². The van der Waals surface area contributed by atoms with Crippen LogP contribution in [0.2, 0.25) is 0 Å². The molecule has 2 atom stereocenters. The number of allylic oxidation sites excluding steroid dienone is 2. The van der Waals surface area contributed by atoms with Crippen LogP contribution < -0.4 is 10.6 Å². The summed E-state index contributed by atoms with van der Waals surface area (Å²) in [5.41, 5.74) is 4.88. The van der Waals surface area contributed by atoms with Crippen molar-refractivity contribution >= 4 is 34.3 Å². The highest BCUT2D eigenvalue weighted by Gasteiger charge is 2.31. The van der Waals surface area contributed by atoms with Crippen molar-refractivity contribution in [2.75, 3.05) is 0 Å². The summed E-state index contributed by atoms with van der Waals surface area (Å²) in [4.78, 5) is 36.6. The average Bonchev–Trinajstić information content (AvgIpc) is 2.93. The van der Waals surface area contributed by atoms with Crippen molar-refractivity contribution in [2.24, 2.45) is 11.3 Å². The molecule has 0 spiro atoms. The fourth-order valence-corrected chi connectivity index (χ4v) is 4.92. The summed E-state index contributed by atoms with van der Waals surface area (Å²) in [7, 11) is 0. The van der Waals surface area contributed by atoms with Gasteiger partial charge in [-0.3, -0.25) is 14.4 Å². The molecule has 0 aromatic heterocycles. The SMILES string of the molecule is CCCC(=O)C(NC(=O)CC)C(C)(C)C.CCCCC(C)C(=O)NCc1ccc(C(SC=C(C)CC)=C(C)C)cc1. The van der Waals surface area contributed by atoms with Crippen LogP contribution in [0.1, 0.15) is 132 Å². The second-order valence-corrected chi connectivity index (χ2v) is 13.0. The van der Waals surface area contributed by atoms with Crippen LogP contribution in [-0.2, 0) is 20.9 Å². The van der Waals surface area contributed by atoms with E-state index >= 15 is 0 Å². The van der Waals surface area contributed by atoms with E-state index in [4.69, 9.17) is 0 Å². The van der Waals surface area contributed by atoms with Crippen molar-refractivity contribution < 1.29 is 14.4 Å². The minimum atomic E-state index is -0.357. The third-order valence-corrected chi connectivity index (χ3v) is 8.22. The molecule has 0 aliphatic rings. The molecule has 0 fully saturated rings. The van der Waals surface area contributed by atoms with Gasteiger partial charge in [0.1, 0.15) is 0 Å². The van der Waals surface area contributed by atoms with Crippen LogP contribution in [-0.4, -0.2) is 23.6 Å². The van der Waals surface area contributed by atoms with E-state index in [0.717, 1.165) is 37.7 Å². The molecule has 41 heavy (non-hydrogen) atoms. The van der Waals surface area contributed by atoms with Crippen LogP contribution in [0.4, 0.5) is 0 Å². The van der Waals surface area contributed by atoms with Crippen molar-refractivity contribution in [1.82, 2.24) is 10.6 Å². The Morgan fingerprint density at radius 3 is 2.00 bits per heavy atom. The first kappa shape index (κ1) is 38.7. The number of ketones is 1. The molecule has 0 saturated carbocycles. The summed E-state index contributed by atoms with van der Waals surface area (Å²) in [5.74, 6) is 0.325. The number of Topliss-reactive ketones (excluding diaryl/α,β-unsaturated/α-hetero) is 1. The number of benzene rings is 1. The van der Waals surface area contributed by atoms with E-state index < -0.39 is 0 Å². The molecule has 2 amide bonds. The number of hydrogen-bond donors (Lipinski definition) is 2. The number of hydrogen-bond acceptors (Lipinski definition) is 4. The average molecular weight is 587 g/mol. The van der Waals surface area contributed by atoms with Gasteiger partial charge in [-0.15, -0.1) is 0 Å². The van der Waals surface area contributed by atoms with E-state index in [0.29, 0.717) is 19.4 Å². The largest absolute Gasteiger partial charge is 0.352 e. The lowest BCUT2D eigenvalue weighted by Crippen LogP contribution is -2.48. The molecule has 0 bridgehead atoms. The Balaban J connectivity index is 0.000000909. The zero-order valence-electron chi connectivity index (χ0n) is 27.8. The third kappa shape index (κ3) is 16.0. The van der Waals surface area contributed by atoms with Crippen molar-refractivity contribution in [2.45, 2.75) is 134 Å². The van der Waals surface area contributed by atoms with Gasteiger partial charge in [-0.25, -0.2) is 0 Å². The van der Waals surface area contributed by atoms with E-state index in [-0.39, 0.29) is 35.0 Å². The molecule has 0 radical (unpaired) electrons. The normalized spacial score (nSPS) is 12.9. The van der Waals surface area contributed by atoms with E-state index in [1.807, 2.05) is 34.6 Å². The number of thioether (sulfide) groups is 1. The highest BCUT2D eigenvalue weighted by Crippen LogP contribution is 2.33. The molecule has 1 aromatic carbocycles. The molecule has 0 heterocycles. The molecular weight excluding hydrogens is 528 g/mol. The van der Waals surface area contributed by atoms with E-state index in [2.05, 4.69) is 74.9 Å². The highest BCUT2D eigenvalue weighted by molar-refractivity contribution is 8.11. The second kappa shape index (κ2) is 20.5. The summed E-state index contributed by atoms with van der Waals surface area (Å²) in [6.07, 6.45) is 6.08. The lowest BCUT2D eigenvalue weighted by molar-refractivity contribution is -0.130. The summed E-state index contributed by atoms with van der Waals surface area (Å²) >= 11 is 1.80. The van der Waals surface area contributed by atoms with Crippen molar-refractivity contribution in [1.29, 1.82) is 0 Å². The maximum Gasteiger partial charge on any atom is 0.223 e. The first-order valence-corrected chi connectivity index (χ1v) is 16.3. The smallest absolute Gasteiger partial charge is 0.223 e. The fourth-order valence-electron chi connectivity index (χ4n) is 3.93. The lowest BCUT2D eigenvalue weighted by Gasteiger charge is -2.30. The number of carbonyl (C=O) groups excluding carboxylic acids is 3. The molecule has 6 heteroatoms. The topological polar surface area (TPSA) is 75.3 Å². The van der Waals surface area contributed by atoms with E-state index in [9.17, 15) is 14.4 Å². The number of unbranched alkanes of at least 4 members (excludes halogenated alkanes) is 1. The van der Waals surface area contributed by atoms with Crippen LogP contribution in [0, 0.1) is 11.3 Å². The molecule has 5 nitrogen and oxygen atoms in total. The van der Waals surface area contributed by atoms with Gasteiger partial charge in [0.05, 0.1) is 6.04 Å². The van der Waals surface area contributed by atoms with Crippen molar-refractivity contribution in [3.63, 3.8) is 0 Å². The Labute approximate surface area is 255 Å². The first-order chi connectivity index (χ1) is 19.2. The molecule has 0 aliphatic heterocycles. The van der Waals surface area contributed by atoms with Gasteiger partial charge in [0.15, 0.2) is 5.78 Å². The van der Waals surface area contributed by atoms with Gasteiger partial charge in [-0.1, -0.05) is 115 Å². The summed E-state index contributed by atoms with van der Waals surface area (Å²) in [6.45, 7) is 23.1. The Hall–Kier alpha value is -2.34. The molecule has 1 rings (SSSR count). The Bertz CT molecular complexity index is 999. The van der Waals surface area contributed by atoms with Crippen LogP contribution in [0.25, 0.3) is 4.91 Å². The van der Waals surface area contributed by atoms with Crippen LogP contribution in [0.15, 0.2) is 40.8 Å². The quantitative estimate of drug-likeness (QED) is 0.215. The van der Waals surface area contributed by atoms with Crippen LogP contribution in [0.5, 0.6) is 0 Å². The maximum atomic E-state index is 12.1. The highest BCUT2D eigenvalue weighted by atomic mass is 32.2. The van der Waals surface area contributed by atoms with Gasteiger partial charge in [-0.2, -0.15) is 0 Å². The third-order valence-electron chi connectivity index (χ3n) is 6.82. The Morgan fingerprint density at radius 2 is 1.54 bits per heavy atom. The molecule has 0 saturated heterocycles. The van der Waals surface area contributed by atoms with Gasteiger partial charge in [0, 0.05) is 30.2 Å². The van der Waals surface area contributed by atoms with Crippen LogP contribution >= 0.6 is 11.8 Å². The van der Waals surface area contributed by atoms with Crippen molar-refractivity contribution in [3.05, 3.63) is 51.9 Å². The number of carbonyl (C=O) groups is 3. The Kier molecular flexibility index (Phi) is 19.4. The predicted molar refractivity (Wildman–Crippen MR) is 178 cm³/mol. The standard InChI is InChI=1S/C23H35NOS.C12H23NO2/c1-7-9-10-19(6)23(25)24-15-20-11-13-21(14-12-20)22(17(3)4)26-16-18(5)8-2;1-6-8-9(14)11(12(3,4)5)13-10(15)7-2/h11-14,16,19H,7-10,15H2,1-6H3,(H,24,25);11H,6-8H2,1-5H3,(H,13,15). The summed E-state index contributed by atoms with van der Waals surface area (Å²) in [5, 5.41) is 8.11. The first-order valence-electron chi connectivity index (χ1n) is 15.4. The molecule has 1 aromatic rings. The second-order valence-electron chi connectivity index (χ2n) is 12.2. The molecular formula is C35H58N2O3S. The van der Waals surface area contributed by atoms with Gasteiger partial charge in [0.2, 0.25) is 11.8 Å². The summed E-state index contributed by atoms with van der Waals surface area (Å²) in [6, 6.07) is 8.20. The van der Waals surface area contributed by atoms with Gasteiger partial charge in [-0.05, 0) is 62.0 Å².